The van der Waals surface area contributed by atoms with Crippen LogP contribution in [0.1, 0.15) is 32.8 Å². The lowest BCUT2D eigenvalue weighted by Gasteiger charge is -2.31. The van der Waals surface area contributed by atoms with Crippen molar-refractivity contribution in [2.45, 2.75) is 39.8 Å². The molecule has 0 bridgehead atoms. The van der Waals surface area contributed by atoms with Gasteiger partial charge in [-0.05, 0) is 42.2 Å². The first kappa shape index (κ1) is 25.0. The summed E-state index contributed by atoms with van der Waals surface area (Å²) in [7, 11) is 0. The number of nitrogens with one attached hydrogen (secondary N) is 1. The quantitative estimate of drug-likeness (QED) is 0.528. The monoisotopic (exact) mass is 468 g/mol. The fraction of sp³-hybridized carbons (Fsp3) is 0.391. The summed E-state index contributed by atoms with van der Waals surface area (Å²) in [6, 6.07) is 10.1. The van der Waals surface area contributed by atoms with Gasteiger partial charge in [-0.3, -0.25) is 9.59 Å². The summed E-state index contributed by atoms with van der Waals surface area (Å²) in [5.74, 6) is -1.05. The minimum absolute atomic E-state index is 0.0300. The van der Waals surface area contributed by atoms with Crippen molar-refractivity contribution in [3.63, 3.8) is 0 Å². The molecule has 1 unspecified atom stereocenters. The molecule has 0 aliphatic rings. The van der Waals surface area contributed by atoms with Gasteiger partial charge in [0.25, 0.3) is 5.91 Å². The molecule has 0 aliphatic carbocycles. The topological polar surface area (TPSA) is 58.6 Å². The first-order chi connectivity index (χ1) is 14.7. The van der Waals surface area contributed by atoms with E-state index in [1.165, 1.54) is 23.1 Å². The van der Waals surface area contributed by atoms with Crippen molar-refractivity contribution in [3.8, 4) is 5.75 Å². The molecule has 1 N–H and O–H groups in total. The van der Waals surface area contributed by atoms with Gasteiger partial charge in [0.1, 0.15) is 6.04 Å². The summed E-state index contributed by atoms with van der Waals surface area (Å²) in [5.41, 5.74) is 0.639. The summed E-state index contributed by atoms with van der Waals surface area (Å²) in [6.45, 7) is 5.95. The van der Waals surface area contributed by atoms with Gasteiger partial charge in [-0.1, -0.05) is 62.2 Å². The molecule has 168 valence electrons. The molecule has 8 heteroatoms. The second-order valence-electron chi connectivity index (χ2n) is 7.54. The molecule has 2 aromatic rings. The molecule has 31 heavy (non-hydrogen) atoms. The lowest BCUT2D eigenvalue weighted by molar-refractivity contribution is -0.143. The van der Waals surface area contributed by atoms with Gasteiger partial charge in [-0.15, -0.1) is 0 Å². The van der Waals surface area contributed by atoms with Gasteiger partial charge in [-0.2, -0.15) is 0 Å². The van der Waals surface area contributed by atoms with E-state index < -0.39 is 24.4 Å². The van der Waals surface area contributed by atoms with Gasteiger partial charge in [0.15, 0.2) is 18.2 Å². The second-order valence-corrected chi connectivity index (χ2v) is 8.38. The van der Waals surface area contributed by atoms with Crippen LogP contribution >= 0.6 is 23.2 Å². The van der Waals surface area contributed by atoms with Crippen LogP contribution in [0.15, 0.2) is 42.5 Å². The Kier molecular flexibility index (Phi) is 9.59. The summed E-state index contributed by atoms with van der Waals surface area (Å²) < 4.78 is 19.3. The summed E-state index contributed by atoms with van der Waals surface area (Å²) >= 11 is 12.3. The largest absolute Gasteiger partial charge is 0.481 e. The van der Waals surface area contributed by atoms with E-state index in [1.54, 1.807) is 24.3 Å². The highest BCUT2D eigenvalue weighted by Gasteiger charge is 2.29. The summed E-state index contributed by atoms with van der Waals surface area (Å²) in [5, 5.41) is 3.73. The zero-order valence-corrected chi connectivity index (χ0v) is 19.3. The number of hydrogen-bond acceptors (Lipinski definition) is 3. The van der Waals surface area contributed by atoms with Gasteiger partial charge in [-0.25, -0.2) is 4.39 Å². The number of benzene rings is 2. The molecule has 5 nitrogen and oxygen atoms in total. The Hall–Kier alpha value is -2.31. The van der Waals surface area contributed by atoms with Crippen molar-refractivity contribution in [2.75, 3.05) is 13.2 Å². The van der Waals surface area contributed by atoms with Gasteiger partial charge >= 0.3 is 0 Å². The van der Waals surface area contributed by atoms with Crippen LogP contribution in [-0.4, -0.2) is 35.9 Å². The smallest absolute Gasteiger partial charge is 0.261 e. The maximum atomic E-state index is 13.9. The Balaban J connectivity index is 2.25. The standard InChI is InChI=1S/C23H27Cl2FN2O3/c1-4-20(23(30)27-12-15(2)3)28(13-16-9-10-17(24)11-18(16)25)22(29)14-31-21-8-6-5-7-19(21)26/h5-11,15,20H,4,12-14H2,1-3H3,(H,27,30). The van der Waals surface area contributed by atoms with Gasteiger partial charge in [0, 0.05) is 23.1 Å². The van der Waals surface area contributed by atoms with E-state index in [4.69, 9.17) is 27.9 Å². The highest BCUT2D eigenvalue weighted by atomic mass is 35.5. The van der Waals surface area contributed by atoms with Gasteiger partial charge in [0.2, 0.25) is 5.91 Å². The number of ether oxygens (including phenoxy) is 1. The molecule has 0 spiro atoms. The predicted octanol–water partition coefficient (Wildman–Crippen LogP) is 5.09. The average Bonchev–Trinajstić information content (AvgIpc) is 2.72. The first-order valence-corrected chi connectivity index (χ1v) is 10.9. The summed E-state index contributed by atoms with van der Waals surface area (Å²) in [6.07, 6.45) is 0.389. The fourth-order valence-electron chi connectivity index (χ4n) is 2.96. The van der Waals surface area contributed by atoms with Gasteiger partial charge < -0.3 is 15.0 Å². The van der Waals surface area contributed by atoms with Crippen LogP contribution in [0.25, 0.3) is 0 Å². The number of carbonyl (C=O) groups is 2. The molecule has 0 aromatic heterocycles. The number of nitrogens with zero attached hydrogens (tertiary/aromatic N) is 1. The third-order valence-corrected chi connectivity index (χ3v) is 5.20. The number of carbonyl (C=O) groups excluding carboxylic acids is 2. The fourth-order valence-corrected chi connectivity index (χ4v) is 3.43. The lowest BCUT2D eigenvalue weighted by atomic mass is 10.1. The highest BCUT2D eigenvalue weighted by Crippen LogP contribution is 2.24. The predicted molar refractivity (Wildman–Crippen MR) is 121 cm³/mol. The SMILES string of the molecule is CCC(C(=O)NCC(C)C)N(Cc1ccc(Cl)cc1Cl)C(=O)COc1ccccc1F. The van der Waals surface area contributed by atoms with E-state index in [-0.39, 0.29) is 24.1 Å². The molecule has 0 saturated heterocycles. The Morgan fingerprint density at radius 3 is 2.48 bits per heavy atom. The van der Waals surface area contributed by atoms with E-state index in [2.05, 4.69) is 5.32 Å². The van der Waals surface area contributed by atoms with Crippen LogP contribution in [0, 0.1) is 11.7 Å². The van der Waals surface area contributed by atoms with Crippen LogP contribution < -0.4 is 10.1 Å². The number of amides is 2. The van der Waals surface area contributed by atoms with E-state index in [0.717, 1.165) is 0 Å². The molecule has 0 saturated carbocycles. The van der Waals surface area contributed by atoms with Crippen LogP contribution in [0.5, 0.6) is 5.75 Å². The third-order valence-electron chi connectivity index (χ3n) is 4.61. The molecule has 0 radical (unpaired) electrons. The normalized spacial score (nSPS) is 11.8. The average molecular weight is 469 g/mol. The van der Waals surface area contributed by atoms with E-state index in [0.29, 0.717) is 28.6 Å². The highest BCUT2D eigenvalue weighted by molar-refractivity contribution is 6.35. The molecular formula is C23H27Cl2FN2O3. The van der Waals surface area contributed by atoms with E-state index >= 15 is 0 Å². The molecular weight excluding hydrogens is 442 g/mol. The van der Waals surface area contributed by atoms with E-state index in [1.807, 2.05) is 20.8 Å². The molecule has 1 atom stereocenters. The molecule has 2 amide bonds. The second kappa shape index (κ2) is 11.9. The van der Waals surface area contributed by atoms with Crippen molar-refractivity contribution in [1.29, 1.82) is 0 Å². The van der Waals surface area contributed by atoms with Gasteiger partial charge in [0.05, 0.1) is 0 Å². The van der Waals surface area contributed by atoms with Crippen LogP contribution in [-0.2, 0) is 16.1 Å². The van der Waals surface area contributed by atoms with Crippen LogP contribution in [0.4, 0.5) is 4.39 Å². The maximum absolute atomic E-state index is 13.9. The van der Waals surface area contributed by atoms with E-state index in [9.17, 15) is 14.0 Å². The minimum Gasteiger partial charge on any atom is -0.481 e. The van der Waals surface area contributed by atoms with Crippen molar-refractivity contribution in [2.24, 2.45) is 5.92 Å². The Labute approximate surface area is 192 Å². The Morgan fingerprint density at radius 2 is 1.87 bits per heavy atom. The Bertz CT molecular complexity index is 908. The Morgan fingerprint density at radius 1 is 1.16 bits per heavy atom. The van der Waals surface area contributed by atoms with Crippen molar-refractivity contribution in [1.82, 2.24) is 10.2 Å². The zero-order chi connectivity index (χ0) is 23.0. The molecule has 0 aliphatic heterocycles. The number of para-hydroxylation sites is 1. The first-order valence-electron chi connectivity index (χ1n) is 10.1. The lowest BCUT2D eigenvalue weighted by Crippen LogP contribution is -2.50. The van der Waals surface area contributed by atoms with Crippen LogP contribution in [0.2, 0.25) is 10.0 Å². The molecule has 2 aromatic carbocycles. The van der Waals surface area contributed by atoms with Crippen LogP contribution in [0.3, 0.4) is 0 Å². The molecule has 0 fully saturated rings. The minimum atomic E-state index is -0.734. The number of rotatable bonds is 10. The molecule has 2 rings (SSSR count). The zero-order valence-electron chi connectivity index (χ0n) is 17.8. The summed E-state index contributed by atoms with van der Waals surface area (Å²) in [4.78, 5) is 27.3. The van der Waals surface area contributed by atoms with Crippen molar-refractivity contribution < 1.29 is 18.7 Å². The van der Waals surface area contributed by atoms with Crippen molar-refractivity contribution >= 4 is 35.0 Å². The maximum Gasteiger partial charge on any atom is 0.261 e. The molecule has 0 heterocycles. The number of hydrogen-bond donors (Lipinski definition) is 1. The third kappa shape index (κ3) is 7.40. The number of halogens is 3. The van der Waals surface area contributed by atoms with Crippen molar-refractivity contribution in [3.05, 3.63) is 63.9 Å².